The van der Waals surface area contributed by atoms with E-state index in [0.717, 1.165) is 25.5 Å². The van der Waals surface area contributed by atoms with Gasteiger partial charge in [-0.2, -0.15) is 4.31 Å². The van der Waals surface area contributed by atoms with Gasteiger partial charge >= 0.3 is 0 Å². The molecule has 25 heavy (non-hydrogen) atoms. The van der Waals surface area contributed by atoms with Gasteiger partial charge in [-0.25, -0.2) is 16.8 Å². The van der Waals surface area contributed by atoms with Crippen molar-refractivity contribution in [3.8, 4) is 5.75 Å². The number of sulfone groups is 1. The first-order valence-electron chi connectivity index (χ1n) is 7.86. The van der Waals surface area contributed by atoms with Crippen molar-refractivity contribution in [1.29, 1.82) is 0 Å². The predicted molar refractivity (Wildman–Crippen MR) is 96.7 cm³/mol. The van der Waals surface area contributed by atoms with Gasteiger partial charge in [-0.15, -0.1) is 12.4 Å². The summed E-state index contributed by atoms with van der Waals surface area (Å²) in [6.45, 7) is 0.813. The molecule has 1 aromatic carbocycles. The number of ether oxygens (including phenoxy) is 1. The van der Waals surface area contributed by atoms with Crippen LogP contribution in [0.1, 0.15) is 19.3 Å². The van der Waals surface area contributed by atoms with Crippen molar-refractivity contribution in [1.82, 2.24) is 9.62 Å². The first-order valence-corrected chi connectivity index (χ1v) is 11.2. The summed E-state index contributed by atoms with van der Waals surface area (Å²) in [4.78, 5) is -0.123. The normalized spacial score (nSPS) is 24.4. The lowest BCUT2D eigenvalue weighted by Crippen LogP contribution is -2.39. The molecule has 0 saturated carbocycles. The second-order valence-electron chi connectivity index (χ2n) is 6.37. The van der Waals surface area contributed by atoms with E-state index in [9.17, 15) is 16.8 Å². The minimum absolute atomic E-state index is 0. The Morgan fingerprint density at radius 3 is 2.44 bits per heavy atom. The molecule has 1 N–H and O–H groups in total. The zero-order valence-electron chi connectivity index (χ0n) is 14.1. The number of halogens is 1. The molecule has 2 aliphatic heterocycles. The molecule has 2 aliphatic rings. The van der Waals surface area contributed by atoms with E-state index in [-0.39, 0.29) is 34.0 Å². The van der Waals surface area contributed by atoms with Crippen LogP contribution in [0.2, 0.25) is 0 Å². The van der Waals surface area contributed by atoms with Gasteiger partial charge in [0.2, 0.25) is 10.0 Å². The average molecular weight is 411 g/mol. The number of nitrogens with zero attached hydrogens (tertiary/aromatic N) is 1. The zero-order valence-corrected chi connectivity index (χ0v) is 16.6. The molecule has 1 aromatic rings. The van der Waals surface area contributed by atoms with Crippen molar-refractivity contribution in [3.63, 3.8) is 0 Å². The van der Waals surface area contributed by atoms with Gasteiger partial charge < -0.3 is 10.1 Å². The molecular formula is C15H23ClN2O5S2. The van der Waals surface area contributed by atoms with E-state index in [1.54, 1.807) is 0 Å². The molecule has 7 nitrogen and oxygen atoms in total. The molecule has 0 spiro atoms. The third kappa shape index (κ3) is 4.11. The number of sulfonamides is 1. The Kier molecular flexibility index (Phi) is 6.05. The monoisotopic (exact) mass is 410 g/mol. The number of methoxy groups -OCH3 is 1. The fourth-order valence-electron chi connectivity index (χ4n) is 3.36. The fraction of sp³-hybridized carbons (Fsp3) is 0.600. The van der Waals surface area contributed by atoms with Gasteiger partial charge in [0.25, 0.3) is 0 Å². The number of nitrogens with one attached hydrogen (secondary N) is 1. The highest BCUT2D eigenvalue weighted by molar-refractivity contribution is 7.91. The third-order valence-corrected chi connectivity index (χ3v) is 7.66. The van der Waals surface area contributed by atoms with Gasteiger partial charge in [0.15, 0.2) is 9.84 Å². The van der Waals surface area contributed by atoms with Crippen molar-refractivity contribution in [2.24, 2.45) is 0 Å². The van der Waals surface area contributed by atoms with E-state index in [0.29, 0.717) is 19.1 Å². The van der Waals surface area contributed by atoms with Crippen molar-refractivity contribution in [3.05, 3.63) is 18.2 Å². The highest BCUT2D eigenvalue weighted by atomic mass is 35.5. The van der Waals surface area contributed by atoms with E-state index in [1.807, 2.05) is 0 Å². The molecule has 0 radical (unpaired) electrons. The van der Waals surface area contributed by atoms with Crippen LogP contribution in [-0.4, -0.2) is 59.7 Å². The number of hydrogen-bond acceptors (Lipinski definition) is 6. The summed E-state index contributed by atoms with van der Waals surface area (Å²) < 4.78 is 56.4. The molecule has 2 unspecified atom stereocenters. The average Bonchev–Trinajstić information content (AvgIpc) is 2.84. The zero-order chi connectivity index (χ0) is 17.5. The molecule has 10 heteroatoms. The van der Waals surface area contributed by atoms with Crippen LogP contribution in [-0.2, 0) is 19.9 Å². The minimum atomic E-state index is -3.83. The van der Waals surface area contributed by atoms with Crippen molar-refractivity contribution < 1.29 is 21.6 Å². The van der Waals surface area contributed by atoms with Crippen molar-refractivity contribution in [2.75, 3.05) is 26.5 Å². The van der Waals surface area contributed by atoms with Crippen LogP contribution in [0.25, 0.3) is 0 Å². The Labute approximate surface area is 155 Å². The Balaban J connectivity index is 0.00000225. The van der Waals surface area contributed by atoms with Crippen LogP contribution in [0.5, 0.6) is 5.75 Å². The van der Waals surface area contributed by atoms with Gasteiger partial charge in [-0.05, 0) is 37.5 Å². The lowest BCUT2D eigenvalue weighted by Gasteiger charge is -2.24. The predicted octanol–water partition coefficient (Wildman–Crippen LogP) is 1.04. The summed E-state index contributed by atoms with van der Waals surface area (Å²) in [5.74, 6) is 0.157. The van der Waals surface area contributed by atoms with E-state index >= 15 is 0 Å². The Morgan fingerprint density at radius 2 is 1.80 bits per heavy atom. The van der Waals surface area contributed by atoms with Gasteiger partial charge in [-0.1, -0.05) is 0 Å². The van der Waals surface area contributed by atoms with Gasteiger partial charge in [0, 0.05) is 31.4 Å². The second kappa shape index (κ2) is 7.40. The Bertz CT molecular complexity index is 841. The smallest absolute Gasteiger partial charge is 0.246 e. The summed E-state index contributed by atoms with van der Waals surface area (Å²) in [5, 5.41) is 3.44. The molecule has 2 heterocycles. The lowest BCUT2D eigenvalue weighted by molar-refractivity contribution is 0.373. The van der Waals surface area contributed by atoms with Crippen LogP contribution in [0.4, 0.5) is 0 Å². The Hall–Kier alpha value is -0.870. The molecule has 2 fully saturated rings. The van der Waals surface area contributed by atoms with Crippen LogP contribution < -0.4 is 10.1 Å². The van der Waals surface area contributed by atoms with Crippen LogP contribution in [0.3, 0.4) is 0 Å². The first kappa shape index (κ1) is 20.4. The maximum absolute atomic E-state index is 13.1. The lowest BCUT2D eigenvalue weighted by atomic mass is 10.1. The van der Waals surface area contributed by atoms with E-state index in [4.69, 9.17) is 4.74 Å². The van der Waals surface area contributed by atoms with Crippen molar-refractivity contribution >= 4 is 32.3 Å². The summed E-state index contributed by atoms with van der Waals surface area (Å²) in [5.41, 5.74) is 0. The molecule has 3 rings (SSSR count). The minimum Gasteiger partial charge on any atom is -0.495 e. The molecular weight excluding hydrogens is 388 g/mol. The van der Waals surface area contributed by atoms with E-state index in [1.165, 1.54) is 29.6 Å². The highest BCUT2D eigenvalue weighted by Gasteiger charge is 2.36. The quantitative estimate of drug-likeness (QED) is 0.797. The SMILES string of the molecule is COc1ccc(S(C)(=O)=O)cc1S(=O)(=O)N1CCC2CCC(C1)N2.Cl. The standard InChI is InChI=1S/C15H22N2O5S2.ClH/c1-22-14-6-5-13(23(2,18)19)9-15(14)24(20,21)17-8-7-11-3-4-12(10-17)16-11;/h5-6,9,11-12,16H,3-4,7-8,10H2,1-2H3;1H. The number of fused-ring (bicyclic) bond motifs is 2. The molecule has 2 saturated heterocycles. The topological polar surface area (TPSA) is 92.8 Å². The molecule has 2 bridgehead atoms. The van der Waals surface area contributed by atoms with Crippen LogP contribution in [0.15, 0.2) is 28.0 Å². The van der Waals surface area contributed by atoms with Gasteiger partial charge in [0.05, 0.1) is 12.0 Å². The van der Waals surface area contributed by atoms with Gasteiger partial charge in [-0.3, -0.25) is 0 Å². The highest BCUT2D eigenvalue weighted by Crippen LogP contribution is 2.31. The molecule has 0 aliphatic carbocycles. The summed E-state index contributed by atoms with van der Waals surface area (Å²) in [6, 6.07) is 4.46. The van der Waals surface area contributed by atoms with Crippen molar-refractivity contribution in [2.45, 2.75) is 41.1 Å². The fourth-order valence-corrected chi connectivity index (χ4v) is 5.76. The maximum Gasteiger partial charge on any atom is 0.246 e. The largest absolute Gasteiger partial charge is 0.495 e. The Morgan fingerprint density at radius 1 is 1.12 bits per heavy atom. The van der Waals surface area contributed by atoms with Crippen LogP contribution in [0, 0.1) is 0 Å². The van der Waals surface area contributed by atoms with E-state index < -0.39 is 19.9 Å². The number of rotatable bonds is 4. The molecule has 0 aromatic heterocycles. The molecule has 2 atom stereocenters. The molecule has 0 amide bonds. The van der Waals surface area contributed by atoms with Gasteiger partial charge in [0.1, 0.15) is 10.6 Å². The summed E-state index contributed by atoms with van der Waals surface area (Å²) in [7, 11) is -5.96. The second-order valence-corrected chi connectivity index (χ2v) is 10.3. The summed E-state index contributed by atoms with van der Waals surface area (Å²) >= 11 is 0. The third-order valence-electron chi connectivity index (χ3n) is 4.67. The maximum atomic E-state index is 13.1. The summed E-state index contributed by atoms with van der Waals surface area (Å²) in [6.07, 6.45) is 3.84. The number of hydrogen-bond donors (Lipinski definition) is 1. The van der Waals surface area contributed by atoms with E-state index in [2.05, 4.69) is 5.32 Å². The molecule has 142 valence electrons. The number of benzene rings is 1. The van der Waals surface area contributed by atoms with Crippen LogP contribution >= 0.6 is 12.4 Å². The first-order chi connectivity index (χ1) is 11.2.